The van der Waals surface area contributed by atoms with E-state index in [9.17, 15) is 22.8 Å². The van der Waals surface area contributed by atoms with E-state index in [0.717, 1.165) is 10.5 Å². The fraction of sp³-hybridized carbons (Fsp3) is 0.261. The van der Waals surface area contributed by atoms with Crippen LogP contribution in [0.4, 0.5) is 4.79 Å². The van der Waals surface area contributed by atoms with Gasteiger partial charge in [0.25, 0.3) is 10.0 Å². The number of aryl methyl sites for hydroxylation is 1. The van der Waals surface area contributed by atoms with E-state index in [4.69, 9.17) is 4.74 Å². The maximum Gasteiger partial charge on any atom is 0.410 e. The molecular formula is C23H22N2O6S. The van der Waals surface area contributed by atoms with Crippen molar-refractivity contribution in [2.75, 3.05) is 13.7 Å². The van der Waals surface area contributed by atoms with E-state index < -0.39 is 22.2 Å². The summed E-state index contributed by atoms with van der Waals surface area (Å²) in [4.78, 5) is 38.6. The van der Waals surface area contributed by atoms with Gasteiger partial charge in [-0.3, -0.25) is 14.5 Å². The molecule has 0 N–H and O–H groups in total. The molecule has 0 saturated carbocycles. The number of hydrogen-bond acceptors (Lipinski definition) is 6. The highest BCUT2D eigenvalue weighted by Crippen LogP contribution is 2.35. The molecular weight excluding hydrogens is 432 g/mol. The fourth-order valence-electron chi connectivity index (χ4n) is 4.11. The number of carbonyl (C=O) groups excluding carboxylic acids is 3. The van der Waals surface area contributed by atoms with Crippen LogP contribution in [0.15, 0.2) is 53.6 Å². The highest BCUT2D eigenvalue weighted by Gasteiger charge is 2.38. The first-order valence-electron chi connectivity index (χ1n) is 9.98. The lowest BCUT2D eigenvalue weighted by molar-refractivity contribution is -0.118. The number of methoxy groups -OCH3 is 1. The average Bonchev–Trinajstić information content (AvgIpc) is 3.14. The van der Waals surface area contributed by atoms with Crippen LogP contribution >= 0.6 is 0 Å². The Morgan fingerprint density at radius 3 is 2.47 bits per heavy atom. The Kier molecular flexibility index (Phi) is 5.37. The Morgan fingerprint density at radius 2 is 1.84 bits per heavy atom. The summed E-state index contributed by atoms with van der Waals surface area (Å²) in [5.41, 5.74) is 2.24. The molecule has 1 heterocycles. The van der Waals surface area contributed by atoms with Crippen LogP contribution in [0.25, 0.3) is 10.9 Å². The normalized spacial score (nSPS) is 15.6. The molecule has 1 amide bonds. The summed E-state index contributed by atoms with van der Waals surface area (Å²) >= 11 is 0. The molecule has 0 fully saturated rings. The fourth-order valence-corrected chi connectivity index (χ4v) is 5.50. The van der Waals surface area contributed by atoms with E-state index >= 15 is 0 Å². The van der Waals surface area contributed by atoms with Crippen LogP contribution in [0.1, 0.15) is 28.4 Å². The van der Waals surface area contributed by atoms with Crippen LogP contribution < -0.4 is 0 Å². The van der Waals surface area contributed by atoms with Crippen LogP contribution in [0.2, 0.25) is 0 Å². The van der Waals surface area contributed by atoms with Crippen molar-refractivity contribution < 1.29 is 27.5 Å². The van der Waals surface area contributed by atoms with Gasteiger partial charge >= 0.3 is 6.09 Å². The topological polar surface area (TPSA) is 103 Å². The van der Waals surface area contributed by atoms with Crippen LogP contribution in [0.3, 0.4) is 0 Å². The van der Waals surface area contributed by atoms with E-state index in [1.165, 1.54) is 24.2 Å². The third-order valence-electron chi connectivity index (χ3n) is 5.61. The van der Waals surface area contributed by atoms with Gasteiger partial charge in [0.05, 0.1) is 24.1 Å². The molecule has 0 radical (unpaired) electrons. The minimum Gasteiger partial charge on any atom is -0.453 e. The summed E-state index contributed by atoms with van der Waals surface area (Å²) in [5.74, 6) is -0.660. The summed E-state index contributed by atoms with van der Waals surface area (Å²) in [7, 11) is -2.73. The predicted octanol–water partition coefficient (Wildman–Crippen LogP) is 2.95. The van der Waals surface area contributed by atoms with Gasteiger partial charge in [0, 0.05) is 23.6 Å². The van der Waals surface area contributed by atoms with Gasteiger partial charge in [0.2, 0.25) is 0 Å². The van der Waals surface area contributed by atoms with E-state index in [2.05, 4.69) is 0 Å². The molecule has 0 spiro atoms. The first-order chi connectivity index (χ1) is 15.1. The smallest absolute Gasteiger partial charge is 0.410 e. The molecule has 2 aromatic carbocycles. The second-order valence-electron chi connectivity index (χ2n) is 7.85. The molecule has 3 aromatic rings. The molecule has 0 aliphatic heterocycles. The Hall–Kier alpha value is -3.46. The van der Waals surface area contributed by atoms with Crippen LogP contribution in [0, 0.1) is 6.92 Å². The Balaban J connectivity index is 1.86. The molecule has 1 aromatic heterocycles. The second kappa shape index (κ2) is 7.90. The zero-order chi connectivity index (χ0) is 23.2. The minimum absolute atomic E-state index is 0.0745. The number of Topliss-reactive ketones (excluding diaryl/α,β-unsaturated/α-hetero) is 2. The third-order valence-corrected chi connectivity index (χ3v) is 7.30. The third kappa shape index (κ3) is 3.48. The zero-order valence-corrected chi connectivity index (χ0v) is 18.7. The van der Waals surface area contributed by atoms with Gasteiger partial charge in [0.15, 0.2) is 5.78 Å². The number of aromatic nitrogens is 1. The highest BCUT2D eigenvalue weighted by atomic mass is 32.2. The molecule has 32 heavy (non-hydrogen) atoms. The largest absolute Gasteiger partial charge is 0.453 e. The summed E-state index contributed by atoms with van der Waals surface area (Å²) in [6, 6.07) is 10.4. The van der Waals surface area contributed by atoms with Crippen molar-refractivity contribution >= 4 is 38.6 Å². The molecule has 1 atom stereocenters. The number of hydrogen-bond donors (Lipinski definition) is 0. The summed E-state index contributed by atoms with van der Waals surface area (Å²) in [5, 5.41) is 0.539. The average molecular weight is 455 g/mol. The number of rotatable bonds is 5. The summed E-state index contributed by atoms with van der Waals surface area (Å²) in [6.45, 7) is 2.91. The Bertz CT molecular complexity index is 1360. The van der Waals surface area contributed by atoms with E-state index in [0.29, 0.717) is 22.0 Å². The minimum atomic E-state index is -3.91. The van der Waals surface area contributed by atoms with Gasteiger partial charge in [-0.2, -0.15) is 0 Å². The molecule has 166 valence electrons. The van der Waals surface area contributed by atoms with Crippen LogP contribution in [-0.2, 0) is 26.0 Å². The molecule has 1 aliphatic rings. The lowest BCUT2D eigenvalue weighted by atomic mass is 9.87. The van der Waals surface area contributed by atoms with Crippen LogP contribution in [-0.4, -0.2) is 54.6 Å². The predicted molar refractivity (Wildman–Crippen MR) is 117 cm³/mol. The number of benzene rings is 2. The maximum atomic E-state index is 13.4. The highest BCUT2D eigenvalue weighted by molar-refractivity contribution is 7.90. The number of nitrogens with zero attached hydrogens (tertiary/aromatic N) is 2. The summed E-state index contributed by atoms with van der Waals surface area (Å²) < 4.78 is 32.7. The quantitative estimate of drug-likeness (QED) is 0.587. The Labute approximate surface area is 185 Å². The monoisotopic (exact) mass is 454 g/mol. The van der Waals surface area contributed by atoms with Crippen molar-refractivity contribution in [2.24, 2.45) is 0 Å². The molecule has 8 nitrogen and oxygen atoms in total. The van der Waals surface area contributed by atoms with Crippen molar-refractivity contribution in [1.29, 1.82) is 0 Å². The first-order valence-corrected chi connectivity index (χ1v) is 11.4. The van der Waals surface area contributed by atoms with Gasteiger partial charge < -0.3 is 4.74 Å². The number of ether oxygens (including phenoxy) is 1. The van der Waals surface area contributed by atoms with Crippen molar-refractivity contribution in [3.05, 3.63) is 65.4 Å². The van der Waals surface area contributed by atoms with Crippen molar-refractivity contribution in [1.82, 2.24) is 8.87 Å². The van der Waals surface area contributed by atoms with Crippen LogP contribution in [0.5, 0.6) is 0 Å². The molecule has 1 aliphatic carbocycles. The van der Waals surface area contributed by atoms with E-state index in [1.807, 2.05) is 6.92 Å². The first kappa shape index (κ1) is 21.8. The van der Waals surface area contributed by atoms with Gasteiger partial charge in [-0.05, 0) is 37.6 Å². The van der Waals surface area contributed by atoms with Crippen molar-refractivity contribution in [2.45, 2.75) is 31.2 Å². The summed E-state index contributed by atoms with van der Waals surface area (Å²) in [6.07, 6.45) is 0.776. The van der Waals surface area contributed by atoms with E-state index in [1.54, 1.807) is 42.5 Å². The molecule has 9 heteroatoms. The van der Waals surface area contributed by atoms with Crippen molar-refractivity contribution in [3.63, 3.8) is 0 Å². The van der Waals surface area contributed by atoms with Gasteiger partial charge in [0.1, 0.15) is 11.8 Å². The van der Waals surface area contributed by atoms with Gasteiger partial charge in [-0.1, -0.05) is 29.8 Å². The maximum absolute atomic E-state index is 13.4. The molecule has 4 rings (SSSR count). The van der Waals surface area contributed by atoms with Gasteiger partial charge in [-0.15, -0.1) is 0 Å². The lowest BCUT2D eigenvalue weighted by Crippen LogP contribution is -2.49. The number of amides is 1. The number of ketones is 2. The molecule has 1 unspecified atom stereocenters. The SMILES string of the molecule is COC(=O)N(CC(C)=O)C1Cc2cn(S(=O)(=O)c3ccc(C)cc3)c3cccc(c23)C1=O. The standard InChI is InChI=1S/C23H22N2O6S/c1-14-7-9-17(10-8-14)32(29,30)25-13-16-11-20(24(12-15(2)26)23(28)31-3)22(27)18-5-4-6-19(25)21(16)18/h4-10,13,20H,11-12H2,1-3H3. The molecule has 0 saturated heterocycles. The number of carbonyl (C=O) groups is 3. The second-order valence-corrected chi connectivity index (χ2v) is 9.67. The van der Waals surface area contributed by atoms with Gasteiger partial charge in [-0.25, -0.2) is 17.2 Å². The van der Waals surface area contributed by atoms with E-state index in [-0.39, 0.29) is 29.4 Å². The van der Waals surface area contributed by atoms with Crippen molar-refractivity contribution in [3.8, 4) is 0 Å². The molecule has 0 bridgehead atoms. The lowest BCUT2D eigenvalue weighted by Gasteiger charge is -2.31. The zero-order valence-electron chi connectivity index (χ0n) is 17.9. The Morgan fingerprint density at radius 1 is 1.16 bits per heavy atom.